The zero-order chi connectivity index (χ0) is 14.2. The number of carbonyl (C=O) groups is 1. The Bertz CT molecular complexity index is 519. The highest BCUT2D eigenvalue weighted by Gasteiger charge is 2.38. The minimum atomic E-state index is 0. The number of benzene rings is 1. The van der Waals surface area contributed by atoms with E-state index >= 15 is 0 Å². The van der Waals surface area contributed by atoms with Crippen molar-refractivity contribution in [2.45, 2.75) is 26.2 Å². The molecule has 21 heavy (non-hydrogen) atoms. The lowest BCUT2D eigenvalue weighted by Gasteiger charge is -2.39. The van der Waals surface area contributed by atoms with Crippen LogP contribution in [-0.4, -0.2) is 37.0 Å². The molecule has 1 aromatic rings. The van der Waals surface area contributed by atoms with Crippen LogP contribution in [0.2, 0.25) is 0 Å². The van der Waals surface area contributed by atoms with E-state index in [4.69, 9.17) is 0 Å². The van der Waals surface area contributed by atoms with Crippen molar-refractivity contribution >= 4 is 34.2 Å². The second kappa shape index (κ2) is 6.67. The zero-order valence-electron chi connectivity index (χ0n) is 12.3. The van der Waals surface area contributed by atoms with Crippen LogP contribution in [0.1, 0.15) is 35.2 Å². The van der Waals surface area contributed by atoms with Gasteiger partial charge in [0.15, 0.2) is 0 Å². The van der Waals surface area contributed by atoms with Gasteiger partial charge in [-0.2, -0.15) is 0 Å². The molecule has 0 bridgehead atoms. The third-order valence-corrected chi connectivity index (χ3v) is 5.45. The lowest BCUT2D eigenvalue weighted by Crippen LogP contribution is -2.44. The molecule has 1 N–H and O–H groups in total. The summed E-state index contributed by atoms with van der Waals surface area (Å²) in [4.78, 5) is 14.6. The SMILES string of the molecule is Cc1ccc(C(=O)N2CCC3(CCNC3)CC2)c(Br)c1.Cl. The number of piperidine rings is 1. The van der Waals surface area contributed by atoms with Gasteiger partial charge in [-0.3, -0.25) is 4.79 Å². The maximum Gasteiger partial charge on any atom is 0.254 e. The number of hydrogen-bond donors (Lipinski definition) is 1. The zero-order valence-corrected chi connectivity index (χ0v) is 14.7. The standard InChI is InChI=1S/C16H21BrN2O.ClH/c1-12-2-3-13(14(17)10-12)15(20)19-8-5-16(6-9-19)4-7-18-11-16;/h2-3,10,18H,4-9,11H2,1H3;1H. The summed E-state index contributed by atoms with van der Waals surface area (Å²) in [5.74, 6) is 0.165. The van der Waals surface area contributed by atoms with Crippen molar-refractivity contribution in [3.63, 3.8) is 0 Å². The third kappa shape index (κ3) is 3.43. The Balaban J connectivity index is 0.00000161. The molecule has 2 saturated heterocycles. The van der Waals surface area contributed by atoms with Gasteiger partial charge < -0.3 is 10.2 Å². The van der Waals surface area contributed by atoms with Crippen molar-refractivity contribution in [1.29, 1.82) is 0 Å². The molecule has 0 radical (unpaired) electrons. The van der Waals surface area contributed by atoms with Gasteiger partial charge in [-0.15, -0.1) is 12.4 Å². The molecule has 1 spiro atoms. The van der Waals surface area contributed by atoms with Crippen LogP contribution < -0.4 is 5.32 Å². The summed E-state index contributed by atoms with van der Waals surface area (Å²) in [5, 5.41) is 3.46. The fourth-order valence-corrected chi connectivity index (χ4v) is 4.03. The molecular formula is C16H22BrClN2O. The van der Waals surface area contributed by atoms with E-state index in [0.717, 1.165) is 49.1 Å². The van der Waals surface area contributed by atoms with Crippen molar-refractivity contribution < 1.29 is 4.79 Å². The Morgan fingerprint density at radius 3 is 2.57 bits per heavy atom. The number of likely N-dealkylation sites (tertiary alicyclic amines) is 1. The monoisotopic (exact) mass is 372 g/mol. The number of nitrogens with one attached hydrogen (secondary N) is 1. The first-order valence-electron chi connectivity index (χ1n) is 7.36. The van der Waals surface area contributed by atoms with E-state index in [1.54, 1.807) is 0 Å². The van der Waals surface area contributed by atoms with Gasteiger partial charge in [0, 0.05) is 24.1 Å². The number of rotatable bonds is 1. The maximum atomic E-state index is 12.6. The van der Waals surface area contributed by atoms with E-state index in [9.17, 15) is 4.79 Å². The Morgan fingerprint density at radius 2 is 2.00 bits per heavy atom. The predicted octanol–water partition coefficient (Wildman–Crippen LogP) is 3.40. The molecule has 1 aromatic carbocycles. The predicted molar refractivity (Wildman–Crippen MR) is 91.2 cm³/mol. The summed E-state index contributed by atoms with van der Waals surface area (Å²) in [6.07, 6.45) is 3.54. The number of carbonyl (C=O) groups excluding carboxylic acids is 1. The number of aryl methyl sites for hydroxylation is 1. The van der Waals surface area contributed by atoms with Crippen LogP contribution >= 0.6 is 28.3 Å². The van der Waals surface area contributed by atoms with Gasteiger partial charge in [0.25, 0.3) is 5.91 Å². The van der Waals surface area contributed by atoms with Crippen molar-refractivity contribution in [3.05, 3.63) is 33.8 Å². The van der Waals surface area contributed by atoms with Crippen molar-refractivity contribution in [2.75, 3.05) is 26.2 Å². The minimum Gasteiger partial charge on any atom is -0.339 e. The summed E-state index contributed by atoms with van der Waals surface area (Å²) in [6, 6.07) is 5.95. The van der Waals surface area contributed by atoms with Crippen LogP contribution in [0.3, 0.4) is 0 Å². The van der Waals surface area contributed by atoms with Crippen LogP contribution in [0.25, 0.3) is 0 Å². The van der Waals surface area contributed by atoms with Crippen LogP contribution in [0, 0.1) is 12.3 Å². The largest absolute Gasteiger partial charge is 0.339 e. The third-order valence-electron chi connectivity index (χ3n) is 4.80. The highest BCUT2D eigenvalue weighted by Crippen LogP contribution is 2.37. The Hall–Kier alpha value is -0.580. The molecule has 0 saturated carbocycles. The number of halogens is 2. The average molecular weight is 374 g/mol. The van der Waals surface area contributed by atoms with Crippen molar-refractivity contribution in [2.24, 2.45) is 5.41 Å². The Morgan fingerprint density at radius 1 is 1.29 bits per heavy atom. The Kier molecular flexibility index (Phi) is 5.33. The first-order chi connectivity index (χ1) is 9.60. The van der Waals surface area contributed by atoms with E-state index < -0.39 is 0 Å². The van der Waals surface area contributed by atoms with Gasteiger partial charge in [-0.05, 0) is 71.8 Å². The molecule has 1 amide bonds. The molecule has 5 heteroatoms. The number of hydrogen-bond acceptors (Lipinski definition) is 2. The fourth-order valence-electron chi connectivity index (χ4n) is 3.37. The molecule has 0 aliphatic carbocycles. The fraction of sp³-hybridized carbons (Fsp3) is 0.562. The van der Waals surface area contributed by atoms with Crippen LogP contribution in [0.5, 0.6) is 0 Å². The maximum absolute atomic E-state index is 12.6. The molecule has 2 fully saturated rings. The molecule has 0 aromatic heterocycles. The summed E-state index contributed by atoms with van der Waals surface area (Å²) >= 11 is 3.52. The van der Waals surface area contributed by atoms with Gasteiger partial charge in [-0.1, -0.05) is 6.07 Å². The van der Waals surface area contributed by atoms with E-state index in [0.29, 0.717) is 5.41 Å². The van der Waals surface area contributed by atoms with Crippen LogP contribution in [0.4, 0.5) is 0 Å². The Labute approximate surface area is 141 Å². The van der Waals surface area contributed by atoms with Crippen LogP contribution in [-0.2, 0) is 0 Å². The van der Waals surface area contributed by atoms with E-state index in [1.165, 1.54) is 12.0 Å². The van der Waals surface area contributed by atoms with Crippen molar-refractivity contribution in [1.82, 2.24) is 10.2 Å². The quantitative estimate of drug-likeness (QED) is 0.818. The summed E-state index contributed by atoms with van der Waals surface area (Å²) in [5.41, 5.74) is 2.42. The van der Waals surface area contributed by atoms with Crippen LogP contribution in [0.15, 0.2) is 22.7 Å². The second-order valence-electron chi connectivity index (χ2n) is 6.20. The van der Waals surface area contributed by atoms with Gasteiger partial charge in [0.1, 0.15) is 0 Å². The molecule has 2 heterocycles. The van der Waals surface area contributed by atoms with Crippen molar-refractivity contribution in [3.8, 4) is 0 Å². The van der Waals surface area contributed by atoms with Gasteiger partial charge in [0.05, 0.1) is 5.56 Å². The molecule has 3 nitrogen and oxygen atoms in total. The summed E-state index contributed by atoms with van der Waals surface area (Å²) in [7, 11) is 0. The number of amides is 1. The average Bonchev–Trinajstić information content (AvgIpc) is 2.87. The van der Waals surface area contributed by atoms with Gasteiger partial charge in [0.2, 0.25) is 0 Å². The molecule has 0 unspecified atom stereocenters. The highest BCUT2D eigenvalue weighted by atomic mass is 79.9. The van der Waals surface area contributed by atoms with Gasteiger partial charge >= 0.3 is 0 Å². The minimum absolute atomic E-state index is 0. The lowest BCUT2D eigenvalue weighted by atomic mass is 9.78. The summed E-state index contributed by atoms with van der Waals surface area (Å²) < 4.78 is 0.908. The molecule has 0 atom stereocenters. The smallest absolute Gasteiger partial charge is 0.254 e. The molecule has 116 valence electrons. The second-order valence-corrected chi connectivity index (χ2v) is 7.06. The molecule has 3 rings (SSSR count). The number of nitrogens with zero attached hydrogens (tertiary/aromatic N) is 1. The normalized spacial score (nSPS) is 20.4. The topological polar surface area (TPSA) is 32.3 Å². The van der Waals surface area contributed by atoms with Gasteiger partial charge in [-0.25, -0.2) is 0 Å². The van der Waals surface area contributed by atoms with E-state index in [1.807, 2.05) is 30.0 Å². The first kappa shape index (κ1) is 16.8. The molecule has 2 aliphatic rings. The molecular weight excluding hydrogens is 352 g/mol. The first-order valence-corrected chi connectivity index (χ1v) is 8.15. The summed E-state index contributed by atoms with van der Waals surface area (Å²) in [6.45, 7) is 6.08. The van der Waals surface area contributed by atoms with E-state index in [-0.39, 0.29) is 18.3 Å². The lowest BCUT2D eigenvalue weighted by molar-refractivity contribution is 0.0607. The van der Waals surface area contributed by atoms with E-state index in [2.05, 4.69) is 21.2 Å². The molecule has 2 aliphatic heterocycles. The highest BCUT2D eigenvalue weighted by molar-refractivity contribution is 9.10.